The van der Waals surface area contributed by atoms with Crippen LogP contribution < -0.4 is 5.73 Å². The fourth-order valence-electron chi connectivity index (χ4n) is 0.631. The maximum absolute atomic E-state index is 10.8. The van der Waals surface area contributed by atoms with Crippen molar-refractivity contribution in [3.63, 3.8) is 0 Å². The van der Waals surface area contributed by atoms with Crippen LogP contribution in [0.5, 0.6) is 0 Å². The number of aliphatic imine (C=N–C) groups is 1. The van der Waals surface area contributed by atoms with Crippen molar-refractivity contribution in [3.8, 4) is 0 Å². The van der Waals surface area contributed by atoms with Crippen LogP contribution in [0.25, 0.3) is 0 Å². The van der Waals surface area contributed by atoms with Crippen LogP contribution >= 0.6 is 0 Å². The summed E-state index contributed by atoms with van der Waals surface area (Å²) in [6.45, 7) is 2.88. The molecule has 0 bridgehead atoms. The first-order valence-corrected chi connectivity index (χ1v) is 3.44. The minimum Gasteiger partial charge on any atom is -0.338 e. The molecule has 62 valence electrons. The number of hydroxylamine groups is 2. The topological polar surface area (TPSA) is 67.9 Å². The van der Waals surface area contributed by atoms with Crippen molar-refractivity contribution in [1.82, 2.24) is 5.06 Å². The Morgan fingerprint density at radius 1 is 1.91 bits per heavy atom. The van der Waals surface area contributed by atoms with Gasteiger partial charge in [0.25, 0.3) is 0 Å². The Balaban J connectivity index is 2.30. The number of nitrogens with zero attached hydrogens (tertiary/aromatic N) is 2. The minimum atomic E-state index is -0.580. The van der Waals surface area contributed by atoms with Gasteiger partial charge in [-0.25, -0.2) is 4.79 Å². The summed E-state index contributed by atoms with van der Waals surface area (Å²) >= 11 is 0. The summed E-state index contributed by atoms with van der Waals surface area (Å²) in [5.74, 6) is -0.432. The lowest BCUT2D eigenvalue weighted by molar-refractivity contribution is -0.171. The van der Waals surface area contributed by atoms with E-state index in [4.69, 9.17) is 10.6 Å². The summed E-state index contributed by atoms with van der Waals surface area (Å²) < 4.78 is 0. The lowest BCUT2D eigenvalue weighted by atomic mass is 10.4. The van der Waals surface area contributed by atoms with Crippen LogP contribution in [-0.2, 0) is 9.63 Å². The molecule has 0 fully saturated rings. The maximum atomic E-state index is 10.8. The summed E-state index contributed by atoms with van der Waals surface area (Å²) in [6.07, 6.45) is 1.49. The molecule has 0 saturated carbocycles. The van der Waals surface area contributed by atoms with E-state index in [1.54, 1.807) is 6.92 Å². The van der Waals surface area contributed by atoms with Gasteiger partial charge in [0.1, 0.15) is 12.4 Å². The highest BCUT2D eigenvalue weighted by Crippen LogP contribution is 1.95. The van der Waals surface area contributed by atoms with Crippen LogP contribution in [0.3, 0.4) is 0 Å². The number of nitrogens with two attached hydrogens (primary N) is 1. The summed E-state index contributed by atoms with van der Waals surface area (Å²) in [4.78, 5) is 19.5. The van der Waals surface area contributed by atoms with Crippen molar-refractivity contribution in [2.45, 2.75) is 13.0 Å². The monoisotopic (exact) mass is 157 g/mol. The third-order valence-corrected chi connectivity index (χ3v) is 1.24. The SMILES string of the molecule is C[C@H](N)C(=O)ON1C=NCC1. The van der Waals surface area contributed by atoms with Gasteiger partial charge in [-0.2, -0.15) is 5.06 Å². The van der Waals surface area contributed by atoms with Crippen molar-refractivity contribution < 1.29 is 9.63 Å². The third kappa shape index (κ3) is 2.19. The molecule has 1 atom stereocenters. The fourth-order valence-corrected chi connectivity index (χ4v) is 0.631. The number of hydrogen-bond acceptors (Lipinski definition) is 5. The van der Waals surface area contributed by atoms with Crippen LogP contribution in [0, 0.1) is 0 Å². The highest BCUT2D eigenvalue weighted by molar-refractivity contribution is 5.75. The van der Waals surface area contributed by atoms with Crippen molar-refractivity contribution in [2.24, 2.45) is 10.7 Å². The van der Waals surface area contributed by atoms with Crippen LogP contribution in [0.1, 0.15) is 6.92 Å². The average Bonchev–Trinajstić information content (AvgIpc) is 2.39. The molecule has 0 amide bonds. The molecule has 0 aromatic rings. The van der Waals surface area contributed by atoms with Crippen LogP contribution in [0.4, 0.5) is 0 Å². The predicted octanol–water partition coefficient (Wildman–Crippen LogP) is -0.864. The molecule has 0 aliphatic carbocycles. The quantitative estimate of drug-likeness (QED) is 0.566. The van der Waals surface area contributed by atoms with Gasteiger partial charge in [-0.15, -0.1) is 0 Å². The molecular formula is C6H11N3O2. The number of hydrogen-bond donors (Lipinski definition) is 1. The van der Waals surface area contributed by atoms with Crippen molar-refractivity contribution in [3.05, 3.63) is 0 Å². The van der Waals surface area contributed by atoms with E-state index in [1.165, 1.54) is 11.4 Å². The van der Waals surface area contributed by atoms with Gasteiger partial charge in [0.05, 0.1) is 13.1 Å². The lowest BCUT2D eigenvalue weighted by Gasteiger charge is -2.13. The molecule has 1 aliphatic heterocycles. The molecule has 0 radical (unpaired) electrons. The van der Waals surface area contributed by atoms with Crippen molar-refractivity contribution >= 4 is 12.3 Å². The summed E-state index contributed by atoms with van der Waals surface area (Å²) in [5, 5.41) is 1.38. The Labute approximate surface area is 64.8 Å². The number of carbonyl (C=O) groups excluding carboxylic acids is 1. The van der Waals surface area contributed by atoms with E-state index in [9.17, 15) is 4.79 Å². The molecule has 0 unspecified atom stereocenters. The van der Waals surface area contributed by atoms with Gasteiger partial charge >= 0.3 is 5.97 Å². The second kappa shape index (κ2) is 3.34. The van der Waals surface area contributed by atoms with Crippen molar-refractivity contribution in [2.75, 3.05) is 13.1 Å². The zero-order valence-electron chi connectivity index (χ0n) is 6.36. The first kappa shape index (κ1) is 8.00. The second-order valence-corrected chi connectivity index (χ2v) is 2.36. The van der Waals surface area contributed by atoms with E-state index in [2.05, 4.69) is 4.99 Å². The molecule has 1 heterocycles. The van der Waals surface area contributed by atoms with E-state index in [0.29, 0.717) is 13.1 Å². The standard InChI is InChI=1S/C6H11N3O2/c1-5(7)6(10)11-9-3-2-8-4-9/h4-5H,2-3,7H2,1H3/t5-/m0/s1. The highest BCUT2D eigenvalue weighted by Gasteiger charge is 2.14. The van der Waals surface area contributed by atoms with Gasteiger partial charge in [0.2, 0.25) is 0 Å². The molecule has 11 heavy (non-hydrogen) atoms. The van der Waals surface area contributed by atoms with Crippen LogP contribution in [-0.4, -0.2) is 36.5 Å². The zero-order chi connectivity index (χ0) is 8.27. The third-order valence-electron chi connectivity index (χ3n) is 1.24. The van der Waals surface area contributed by atoms with Crippen LogP contribution in [0.15, 0.2) is 4.99 Å². The van der Waals surface area contributed by atoms with Gasteiger partial charge < -0.3 is 10.6 Å². The van der Waals surface area contributed by atoms with Gasteiger partial charge in [0.15, 0.2) is 0 Å². The molecule has 0 aromatic heterocycles. The molecular weight excluding hydrogens is 146 g/mol. The number of rotatable bonds is 2. The van der Waals surface area contributed by atoms with Gasteiger partial charge in [-0.1, -0.05) is 0 Å². The van der Waals surface area contributed by atoms with E-state index in [-0.39, 0.29) is 0 Å². The average molecular weight is 157 g/mol. The smallest absolute Gasteiger partial charge is 0.338 e. The second-order valence-electron chi connectivity index (χ2n) is 2.36. The summed E-state index contributed by atoms with van der Waals surface area (Å²) in [7, 11) is 0. The zero-order valence-corrected chi connectivity index (χ0v) is 6.36. The number of carbonyl (C=O) groups is 1. The van der Waals surface area contributed by atoms with Gasteiger partial charge in [0, 0.05) is 0 Å². The Bertz CT molecular complexity index is 179. The van der Waals surface area contributed by atoms with Crippen molar-refractivity contribution in [1.29, 1.82) is 0 Å². The normalized spacial score (nSPS) is 18.5. The maximum Gasteiger partial charge on any atom is 0.348 e. The lowest BCUT2D eigenvalue weighted by Crippen LogP contribution is -2.34. The van der Waals surface area contributed by atoms with E-state index in [0.717, 1.165) is 0 Å². The first-order chi connectivity index (χ1) is 5.20. The predicted molar refractivity (Wildman–Crippen MR) is 39.8 cm³/mol. The molecule has 0 aromatic carbocycles. The minimum absolute atomic E-state index is 0.432. The molecule has 1 aliphatic rings. The molecule has 0 saturated heterocycles. The van der Waals surface area contributed by atoms with Gasteiger partial charge in [-0.3, -0.25) is 4.99 Å². The molecule has 2 N–H and O–H groups in total. The molecule has 5 nitrogen and oxygen atoms in total. The molecule has 5 heteroatoms. The largest absolute Gasteiger partial charge is 0.348 e. The summed E-state index contributed by atoms with van der Waals surface area (Å²) in [5.41, 5.74) is 5.27. The fraction of sp³-hybridized carbons (Fsp3) is 0.667. The first-order valence-electron chi connectivity index (χ1n) is 3.44. The van der Waals surface area contributed by atoms with Crippen LogP contribution in [0.2, 0.25) is 0 Å². The Hall–Kier alpha value is -1.10. The van der Waals surface area contributed by atoms with Gasteiger partial charge in [-0.05, 0) is 6.92 Å². The Morgan fingerprint density at radius 3 is 3.09 bits per heavy atom. The highest BCUT2D eigenvalue weighted by atomic mass is 16.7. The van der Waals surface area contributed by atoms with E-state index >= 15 is 0 Å². The van der Waals surface area contributed by atoms with E-state index in [1.807, 2.05) is 0 Å². The Kier molecular flexibility index (Phi) is 2.43. The molecule has 1 rings (SSSR count). The van der Waals surface area contributed by atoms with E-state index < -0.39 is 12.0 Å². The molecule has 0 spiro atoms. The summed E-state index contributed by atoms with van der Waals surface area (Å²) in [6, 6.07) is -0.580. The Morgan fingerprint density at radius 2 is 2.64 bits per heavy atom.